The first-order chi connectivity index (χ1) is 30.0. The molecule has 0 aliphatic carbocycles. The molecule has 0 fully saturated rings. The van der Waals surface area contributed by atoms with Gasteiger partial charge in [0, 0.05) is 31.9 Å². The van der Waals surface area contributed by atoms with Crippen LogP contribution in [-0.4, -0.2) is 125 Å². The molecule has 0 saturated heterocycles. The molecule has 3 aromatic rings. The Kier molecular flexibility index (Phi) is 25.4. The third-order valence-corrected chi connectivity index (χ3v) is 10.5. The van der Waals surface area contributed by atoms with Gasteiger partial charge in [-0.15, -0.1) is 0 Å². The number of unbranched alkanes of at least 4 members (excludes halogenated alkanes) is 8. The molecule has 62 heavy (non-hydrogen) atoms. The van der Waals surface area contributed by atoms with Gasteiger partial charge in [-0.05, 0) is 61.1 Å². The molecule has 2 aromatic carbocycles. The summed E-state index contributed by atoms with van der Waals surface area (Å²) in [6, 6.07) is 14.6. The van der Waals surface area contributed by atoms with Crippen molar-refractivity contribution in [1.29, 1.82) is 0 Å². The summed E-state index contributed by atoms with van der Waals surface area (Å²) in [7, 11) is -3.98. The summed E-state index contributed by atoms with van der Waals surface area (Å²) in [6.45, 7) is 1.68. The highest BCUT2D eigenvalue weighted by Gasteiger charge is 2.16. The standard InChI is InChI=1S/C43H61N5O13S/c49-39(44-21-24-57-27-29-60-33-41(52)53)32-59-28-26-58-25-22-45-42(54)36-30-46-43(47-31-36)48-62(55,56)38-19-15-35(16-20-38)12-11-34-13-17-37(18-14-34)61-23-9-7-5-3-1-2-4-6-8-10-40(50)51/h13-20,30-31H,1-12,21-29,32-33H2,(H,44,49)(H,45,54)(H,50,51)(H,52,53)(H,46,47,48). The van der Waals surface area contributed by atoms with Gasteiger partial charge in [-0.25, -0.2) is 27.9 Å². The number of carbonyl (C=O) groups is 4. The lowest BCUT2D eigenvalue weighted by atomic mass is 10.0. The Balaban J connectivity index is 1.22. The van der Waals surface area contributed by atoms with Gasteiger partial charge in [0.25, 0.3) is 15.9 Å². The Morgan fingerprint density at radius 3 is 1.66 bits per heavy atom. The van der Waals surface area contributed by atoms with Crippen molar-refractivity contribution in [2.24, 2.45) is 0 Å². The molecule has 3 rings (SSSR count). The monoisotopic (exact) mass is 887 g/mol. The summed E-state index contributed by atoms with van der Waals surface area (Å²) in [5.74, 6) is -1.92. The number of carboxylic acid groups (broad SMARTS) is 2. The van der Waals surface area contributed by atoms with Crippen molar-refractivity contribution < 1.29 is 61.5 Å². The number of anilines is 1. The normalized spacial score (nSPS) is 11.2. The van der Waals surface area contributed by atoms with E-state index in [0.29, 0.717) is 6.61 Å². The van der Waals surface area contributed by atoms with Crippen molar-refractivity contribution in [3.8, 4) is 5.75 Å². The van der Waals surface area contributed by atoms with Gasteiger partial charge in [0.05, 0.1) is 56.7 Å². The summed E-state index contributed by atoms with van der Waals surface area (Å²) in [5.41, 5.74) is 2.25. The molecule has 0 unspecified atom stereocenters. The molecule has 0 saturated carbocycles. The van der Waals surface area contributed by atoms with E-state index in [1.54, 1.807) is 12.1 Å². The van der Waals surface area contributed by atoms with E-state index >= 15 is 0 Å². The summed E-state index contributed by atoms with van der Waals surface area (Å²) < 4.78 is 54.9. The Bertz CT molecular complexity index is 1850. The van der Waals surface area contributed by atoms with Crippen molar-refractivity contribution in [2.45, 2.75) is 81.9 Å². The predicted molar refractivity (Wildman–Crippen MR) is 229 cm³/mol. The van der Waals surface area contributed by atoms with Crippen LogP contribution in [0.3, 0.4) is 0 Å². The highest BCUT2D eigenvalue weighted by atomic mass is 32.2. The molecule has 5 N–H and O–H groups in total. The van der Waals surface area contributed by atoms with Crippen LogP contribution in [0.1, 0.15) is 85.7 Å². The van der Waals surface area contributed by atoms with Crippen LogP contribution < -0.4 is 20.1 Å². The minimum absolute atomic E-state index is 0.0489. The number of sulfonamides is 1. The number of carbonyl (C=O) groups excluding carboxylic acids is 2. The molecule has 1 aromatic heterocycles. The average molecular weight is 888 g/mol. The van der Waals surface area contributed by atoms with E-state index in [4.69, 9.17) is 33.9 Å². The lowest BCUT2D eigenvalue weighted by Gasteiger charge is -2.09. The second-order valence-electron chi connectivity index (χ2n) is 14.2. The fourth-order valence-electron chi connectivity index (χ4n) is 5.78. The first kappa shape index (κ1) is 51.1. The summed E-state index contributed by atoms with van der Waals surface area (Å²) in [6.07, 6.45) is 13.9. The minimum Gasteiger partial charge on any atom is -0.494 e. The average Bonchev–Trinajstić information content (AvgIpc) is 3.25. The van der Waals surface area contributed by atoms with Crippen LogP contribution in [0.4, 0.5) is 5.95 Å². The molecule has 19 heteroatoms. The number of carboxylic acids is 2. The van der Waals surface area contributed by atoms with Gasteiger partial charge in [0.1, 0.15) is 19.0 Å². The number of aromatic nitrogens is 2. The van der Waals surface area contributed by atoms with Crippen LogP contribution in [0, 0.1) is 0 Å². The van der Waals surface area contributed by atoms with Crippen molar-refractivity contribution in [1.82, 2.24) is 20.6 Å². The smallest absolute Gasteiger partial charge is 0.329 e. The lowest BCUT2D eigenvalue weighted by Crippen LogP contribution is -2.31. The van der Waals surface area contributed by atoms with E-state index in [1.165, 1.54) is 50.2 Å². The number of nitrogens with one attached hydrogen (secondary N) is 3. The van der Waals surface area contributed by atoms with Gasteiger partial charge in [-0.3, -0.25) is 14.4 Å². The maximum absolute atomic E-state index is 13.0. The first-order valence-electron chi connectivity index (χ1n) is 21.0. The molecule has 0 aliphatic rings. The molecule has 0 spiro atoms. The van der Waals surface area contributed by atoms with E-state index in [-0.39, 0.29) is 88.1 Å². The molecule has 1 heterocycles. The molecule has 0 bridgehead atoms. The highest BCUT2D eigenvalue weighted by Crippen LogP contribution is 2.18. The Labute approximate surface area is 363 Å². The van der Waals surface area contributed by atoms with Crippen LogP contribution in [-0.2, 0) is 56.2 Å². The predicted octanol–water partition coefficient (Wildman–Crippen LogP) is 4.42. The SMILES string of the molecule is O=C(O)CCCCCCCCCCCOc1ccc(CCc2ccc(S(=O)(=O)Nc3ncc(C(=O)NCCOCCOCC(=O)NCCOCCOCC(=O)O)cn3)cc2)cc1. The third-order valence-electron chi connectivity index (χ3n) is 9.11. The molecule has 0 aliphatic heterocycles. The van der Waals surface area contributed by atoms with Crippen LogP contribution in [0.5, 0.6) is 5.75 Å². The fourth-order valence-corrected chi connectivity index (χ4v) is 6.73. The maximum atomic E-state index is 13.0. The molecular weight excluding hydrogens is 827 g/mol. The van der Waals surface area contributed by atoms with Crippen LogP contribution in [0.2, 0.25) is 0 Å². The number of aliphatic carboxylic acids is 2. The zero-order chi connectivity index (χ0) is 44.7. The van der Waals surface area contributed by atoms with E-state index in [2.05, 4.69) is 25.3 Å². The topological polar surface area (TPSA) is 251 Å². The Morgan fingerprint density at radius 1 is 0.565 bits per heavy atom. The van der Waals surface area contributed by atoms with Crippen LogP contribution in [0.15, 0.2) is 65.8 Å². The maximum Gasteiger partial charge on any atom is 0.329 e. The van der Waals surface area contributed by atoms with Gasteiger partial charge in [-0.2, -0.15) is 0 Å². The van der Waals surface area contributed by atoms with Gasteiger partial charge in [0.2, 0.25) is 11.9 Å². The fraction of sp³-hybridized carbons (Fsp3) is 0.535. The molecule has 18 nitrogen and oxygen atoms in total. The largest absolute Gasteiger partial charge is 0.494 e. The Morgan fingerprint density at radius 2 is 1.08 bits per heavy atom. The van der Waals surface area contributed by atoms with Crippen molar-refractivity contribution in [3.63, 3.8) is 0 Å². The number of hydrogen-bond donors (Lipinski definition) is 5. The zero-order valence-electron chi connectivity index (χ0n) is 35.2. The number of ether oxygens (including phenoxy) is 5. The second kappa shape index (κ2) is 30.8. The molecule has 342 valence electrons. The van der Waals surface area contributed by atoms with Gasteiger partial charge >= 0.3 is 11.9 Å². The lowest BCUT2D eigenvalue weighted by molar-refractivity contribution is -0.143. The third kappa shape index (κ3) is 23.7. The number of benzene rings is 2. The minimum atomic E-state index is -3.98. The van der Waals surface area contributed by atoms with Crippen LogP contribution in [0.25, 0.3) is 0 Å². The first-order valence-corrected chi connectivity index (χ1v) is 22.4. The number of rotatable bonds is 36. The van der Waals surface area contributed by atoms with Crippen molar-refractivity contribution in [3.05, 3.63) is 77.6 Å². The zero-order valence-corrected chi connectivity index (χ0v) is 36.0. The van der Waals surface area contributed by atoms with E-state index < -0.39 is 34.5 Å². The number of amides is 2. The molecule has 2 amide bonds. The number of hydrogen-bond acceptors (Lipinski definition) is 13. The molecule has 0 radical (unpaired) electrons. The second-order valence-corrected chi connectivity index (χ2v) is 15.9. The van der Waals surface area contributed by atoms with E-state index in [0.717, 1.165) is 61.8 Å². The number of aryl methyl sites for hydroxylation is 2. The van der Waals surface area contributed by atoms with E-state index in [1.807, 2.05) is 24.3 Å². The van der Waals surface area contributed by atoms with E-state index in [9.17, 15) is 27.6 Å². The molecule has 0 atom stereocenters. The van der Waals surface area contributed by atoms with Crippen LogP contribution >= 0.6 is 0 Å². The summed E-state index contributed by atoms with van der Waals surface area (Å²) in [4.78, 5) is 53.1. The van der Waals surface area contributed by atoms with Crippen molar-refractivity contribution in [2.75, 3.05) is 77.3 Å². The quantitative estimate of drug-likeness (QED) is 0.0507. The van der Waals surface area contributed by atoms with Gasteiger partial charge in [-0.1, -0.05) is 69.2 Å². The Hall–Kier alpha value is -5.21. The summed E-state index contributed by atoms with van der Waals surface area (Å²) >= 11 is 0. The summed E-state index contributed by atoms with van der Waals surface area (Å²) in [5, 5.41) is 22.4. The molecular formula is C43H61N5O13S. The van der Waals surface area contributed by atoms with Gasteiger partial charge < -0.3 is 44.5 Å². The van der Waals surface area contributed by atoms with Gasteiger partial charge in [0.15, 0.2) is 0 Å². The number of nitrogens with zero attached hydrogens (tertiary/aromatic N) is 2. The highest BCUT2D eigenvalue weighted by molar-refractivity contribution is 7.92. The van der Waals surface area contributed by atoms with Crippen molar-refractivity contribution >= 4 is 39.7 Å².